The molecule has 0 unspecified atom stereocenters. The zero-order valence-electron chi connectivity index (χ0n) is 15.5. The number of benzene rings is 2. The third kappa shape index (κ3) is 4.38. The average molecular weight is 428 g/mol. The summed E-state index contributed by atoms with van der Waals surface area (Å²) in [5.41, 5.74) is -0.579. The predicted molar refractivity (Wildman–Crippen MR) is 99.4 cm³/mol. The van der Waals surface area contributed by atoms with E-state index in [9.17, 15) is 26.4 Å². The van der Waals surface area contributed by atoms with Crippen molar-refractivity contribution >= 4 is 21.6 Å². The Hall–Kier alpha value is -2.59. The van der Waals surface area contributed by atoms with Crippen molar-refractivity contribution in [3.8, 4) is 5.75 Å². The Morgan fingerprint density at radius 1 is 1.17 bits per heavy atom. The van der Waals surface area contributed by atoms with Crippen LogP contribution in [0.15, 0.2) is 41.3 Å². The first-order chi connectivity index (χ1) is 13.7. The molecule has 1 saturated heterocycles. The summed E-state index contributed by atoms with van der Waals surface area (Å²) in [7, 11) is -2.88. The van der Waals surface area contributed by atoms with Gasteiger partial charge in [-0.05, 0) is 43.2 Å². The minimum absolute atomic E-state index is 0.0218. The molecule has 1 atom stereocenters. The fraction of sp³-hybridized carbons (Fsp3) is 0.316. The lowest BCUT2D eigenvalue weighted by Gasteiger charge is -2.31. The van der Waals surface area contributed by atoms with E-state index in [1.807, 2.05) is 0 Å². The van der Waals surface area contributed by atoms with Gasteiger partial charge in [0.25, 0.3) is 0 Å². The maximum Gasteiger partial charge on any atom is 0.246 e. The van der Waals surface area contributed by atoms with E-state index in [0.29, 0.717) is 12.8 Å². The van der Waals surface area contributed by atoms with Crippen molar-refractivity contribution in [2.75, 3.05) is 25.5 Å². The number of carbonyl (C=O) groups is 1. The maximum atomic E-state index is 13.8. The molecule has 1 N–H and O–H groups in total. The molecule has 0 aliphatic carbocycles. The quantitative estimate of drug-likeness (QED) is 0.794. The van der Waals surface area contributed by atoms with E-state index in [0.717, 1.165) is 28.6 Å². The summed E-state index contributed by atoms with van der Waals surface area (Å²) in [6.45, 7) is -0.0796. The van der Waals surface area contributed by atoms with Gasteiger partial charge in [0.2, 0.25) is 15.9 Å². The van der Waals surface area contributed by atoms with Crippen LogP contribution < -0.4 is 10.1 Å². The van der Waals surface area contributed by atoms with Gasteiger partial charge >= 0.3 is 0 Å². The van der Waals surface area contributed by atoms with Crippen LogP contribution in [-0.4, -0.2) is 38.8 Å². The Morgan fingerprint density at radius 3 is 2.52 bits per heavy atom. The second-order valence-corrected chi connectivity index (χ2v) is 8.49. The number of halogens is 3. The molecule has 1 amide bonds. The van der Waals surface area contributed by atoms with Gasteiger partial charge in [-0.1, -0.05) is 6.07 Å². The molecule has 3 rings (SSSR count). The van der Waals surface area contributed by atoms with Gasteiger partial charge < -0.3 is 10.1 Å². The minimum Gasteiger partial charge on any atom is -0.495 e. The van der Waals surface area contributed by atoms with E-state index in [4.69, 9.17) is 4.74 Å². The molecule has 29 heavy (non-hydrogen) atoms. The summed E-state index contributed by atoms with van der Waals surface area (Å²) in [5, 5.41) is 2.20. The lowest BCUT2D eigenvalue weighted by molar-refractivity contribution is -0.120. The number of rotatable bonds is 5. The Bertz CT molecular complexity index is 1010. The van der Waals surface area contributed by atoms with E-state index in [1.54, 1.807) is 0 Å². The van der Waals surface area contributed by atoms with Gasteiger partial charge in [0, 0.05) is 13.1 Å². The molecular formula is C19H19F3N2O4S. The average Bonchev–Trinajstić information content (AvgIpc) is 2.70. The topological polar surface area (TPSA) is 75.7 Å². The largest absolute Gasteiger partial charge is 0.495 e. The molecule has 0 saturated carbocycles. The molecule has 2 aromatic carbocycles. The summed E-state index contributed by atoms with van der Waals surface area (Å²) < 4.78 is 73.2. The molecule has 6 nitrogen and oxygen atoms in total. The predicted octanol–water partition coefficient (Wildman–Crippen LogP) is 3.15. The van der Waals surface area contributed by atoms with E-state index in [2.05, 4.69) is 5.32 Å². The van der Waals surface area contributed by atoms with Gasteiger partial charge in [0.05, 0.1) is 13.0 Å². The third-order valence-corrected chi connectivity index (χ3v) is 6.60. The van der Waals surface area contributed by atoms with E-state index < -0.39 is 45.0 Å². The Morgan fingerprint density at radius 2 is 1.86 bits per heavy atom. The smallest absolute Gasteiger partial charge is 0.246 e. The molecule has 1 aliphatic rings. The molecule has 0 radical (unpaired) electrons. The van der Waals surface area contributed by atoms with E-state index >= 15 is 0 Å². The molecule has 10 heteroatoms. The van der Waals surface area contributed by atoms with Crippen molar-refractivity contribution in [2.24, 2.45) is 5.92 Å². The number of nitrogens with one attached hydrogen (secondary N) is 1. The molecule has 1 fully saturated rings. The Balaban J connectivity index is 1.82. The van der Waals surface area contributed by atoms with Crippen molar-refractivity contribution < 1.29 is 31.1 Å². The first kappa shape index (κ1) is 21.1. The highest BCUT2D eigenvalue weighted by molar-refractivity contribution is 7.89. The third-order valence-electron chi connectivity index (χ3n) is 4.71. The van der Waals surface area contributed by atoms with Gasteiger partial charge in [-0.25, -0.2) is 21.6 Å². The van der Waals surface area contributed by atoms with Crippen molar-refractivity contribution in [3.05, 3.63) is 53.8 Å². The number of piperidine rings is 1. The minimum atomic E-state index is -4.14. The number of para-hydroxylation sites is 1. The number of nitrogens with zero attached hydrogens (tertiary/aromatic N) is 1. The molecule has 0 spiro atoms. The highest BCUT2D eigenvalue weighted by Crippen LogP contribution is 2.31. The van der Waals surface area contributed by atoms with Crippen LogP contribution in [0.2, 0.25) is 0 Å². The van der Waals surface area contributed by atoms with Crippen LogP contribution in [0.1, 0.15) is 12.8 Å². The van der Waals surface area contributed by atoms with Gasteiger partial charge in [0.1, 0.15) is 33.8 Å². The number of hydrogen-bond acceptors (Lipinski definition) is 4. The fourth-order valence-electron chi connectivity index (χ4n) is 3.21. The van der Waals surface area contributed by atoms with E-state index in [-0.39, 0.29) is 23.7 Å². The van der Waals surface area contributed by atoms with Crippen molar-refractivity contribution in [2.45, 2.75) is 17.7 Å². The molecule has 1 aliphatic heterocycles. The molecule has 1 heterocycles. The van der Waals surface area contributed by atoms with Crippen molar-refractivity contribution in [1.82, 2.24) is 4.31 Å². The molecule has 0 bridgehead atoms. The summed E-state index contributed by atoms with van der Waals surface area (Å²) >= 11 is 0. The number of amides is 1. The summed E-state index contributed by atoms with van der Waals surface area (Å²) in [6, 6.07) is 6.32. The number of hydrogen-bond donors (Lipinski definition) is 1. The van der Waals surface area contributed by atoms with Crippen LogP contribution >= 0.6 is 0 Å². The number of ether oxygens (including phenoxy) is 1. The monoisotopic (exact) mass is 428 g/mol. The Labute approximate surface area is 166 Å². The van der Waals surface area contributed by atoms with Crippen LogP contribution in [-0.2, 0) is 14.8 Å². The SMILES string of the molecule is COc1ccc(F)cc1S(=O)(=O)N1CCC[C@H](C(=O)Nc2c(F)cccc2F)C1. The summed E-state index contributed by atoms with van der Waals surface area (Å²) in [6.07, 6.45) is 0.697. The van der Waals surface area contributed by atoms with Crippen LogP contribution in [0.4, 0.5) is 18.9 Å². The van der Waals surface area contributed by atoms with Crippen molar-refractivity contribution in [1.29, 1.82) is 0 Å². The summed E-state index contributed by atoms with van der Waals surface area (Å²) in [5.74, 6) is -4.14. The van der Waals surface area contributed by atoms with Gasteiger partial charge in [-0.2, -0.15) is 4.31 Å². The Kier molecular flexibility index (Phi) is 6.13. The zero-order valence-corrected chi connectivity index (χ0v) is 16.3. The fourth-order valence-corrected chi connectivity index (χ4v) is 4.90. The van der Waals surface area contributed by atoms with Crippen molar-refractivity contribution in [3.63, 3.8) is 0 Å². The van der Waals surface area contributed by atoms with Crippen LogP contribution in [0, 0.1) is 23.4 Å². The second kappa shape index (κ2) is 8.42. The number of anilines is 1. The van der Waals surface area contributed by atoms with Gasteiger partial charge in [-0.3, -0.25) is 4.79 Å². The van der Waals surface area contributed by atoms with Gasteiger partial charge in [0.15, 0.2) is 0 Å². The van der Waals surface area contributed by atoms with Crippen LogP contribution in [0.5, 0.6) is 5.75 Å². The van der Waals surface area contributed by atoms with Gasteiger partial charge in [-0.15, -0.1) is 0 Å². The zero-order chi connectivity index (χ0) is 21.2. The standard InChI is InChI=1S/C19H19F3N2O4S/c1-28-16-8-7-13(20)10-17(16)29(26,27)24-9-3-4-12(11-24)19(25)23-18-14(21)5-2-6-15(18)22/h2,5-8,10,12H,3-4,9,11H2,1H3,(H,23,25)/t12-/m0/s1. The van der Waals surface area contributed by atoms with Crippen LogP contribution in [0.25, 0.3) is 0 Å². The van der Waals surface area contributed by atoms with Crippen LogP contribution in [0.3, 0.4) is 0 Å². The lowest BCUT2D eigenvalue weighted by Crippen LogP contribution is -2.43. The molecular weight excluding hydrogens is 409 g/mol. The number of sulfonamides is 1. The molecule has 0 aromatic heterocycles. The lowest BCUT2D eigenvalue weighted by atomic mass is 9.98. The second-order valence-electron chi connectivity index (χ2n) is 6.58. The maximum absolute atomic E-state index is 13.8. The number of methoxy groups -OCH3 is 1. The highest BCUT2D eigenvalue weighted by atomic mass is 32.2. The highest BCUT2D eigenvalue weighted by Gasteiger charge is 2.35. The normalized spacial score (nSPS) is 17.7. The first-order valence-corrected chi connectivity index (χ1v) is 10.3. The summed E-state index contributed by atoms with van der Waals surface area (Å²) in [4.78, 5) is 12.2. The number of carbonyl (C=O) groups excluding carboxylic acids is 1. The molecule has 156 valence electrons. The first-order valence-electron chi connectivity index (χ1n) is 8.82. The molecule has 2 aromatic rings. The van der Waals surface area contributed by atoms with E-state index in [1.165, 1.54) is 19.2 Å².